The van der Waals surface area contributed by atoms with Gasteiger partial charge in [0.25, 0.3) is 0 Å². The highest BCUT2D eigenvalue weighted by molar-refractivity contribution is 5.92. The van der Waals surface area contributed by atoms with Crippen LogP contribution in [0.3, 0.4) is 0 Å². The number of aryl methyl sites for hydroxylation is 1. The summed E-state index contributed by atoms with van der Waals surface area (Å²) in [5, 5.41) is 9.04. The minimum Gasteiger partial charge on any atom is -0.493 e. The number of methoxy groups -OCH3 is 5. The molecule has 0 bridgehead atoms. The summed E-state index contributed by atoms with van der Waals surface area (Å²) in [6, 6.07) is 8.43. The lowest BCUT2D eigenvalue weighted by molar-refractivity contribution is -0.143. The average molecular weight is 731 g/mol. The number of hydrogen-bond donors (Lipinski definition) is 3. The van der Waals surface area contributed by atoms with Gasteiger partial charge in [0.15, 0.2) is 23.0 Å². The van der Waals surface area contributed by atoms with Crippen molar-refractivity contribution >= 4 is 23.4 Å². The number of benzene rings is 2. The molecular weight excluding hydrogens is 680 g/mol. The van der Waals surface area contributed by atoms with Crippen LogP contribution >= 0.6 is 0 Å². The second-order valence-corrected chi connectivity index (χ2v) is 13.4. The fraction of sp³-hybridized carbons (Fsp3) is 0.450. The third-order valence-electron chi connectivity index (χ3n) is 10.4. The van der Waals surface area contributed by atoms with Crippen LogP contribution in [0.15, 0.2) is 41.2 Å². The average Bonchev–Trinajstić information content (AvgIpc) is 3.41. The number of ether oxygens (including phenoxy) is 5. The van der Waals surface area contributed by atoms with E-state index in [1.165, 1.54) is 20.1 Å². The first-order valence-electron chi connectivity index (χ1n) is 17.7. The quantitative estimate of drug-likeness (QED) is 0.244. The number of rotatable bonds is 12. The van der Waals surface area contributed by atoms with Gasteiger partial charge in [-0.15, -0.1) is 0 Å². The number of fused-ring (bicyclic) bond motifs is 4. The second kappa shape index (κ2) is 16.5. The molecule has 0 aromatic heterocycles. The number of nitrogens with zero attached hydrogens (tertiary/aromatic N) is 1. The Labute approximate surface area is 310 Å². The summed E-state index contributed by atoms with van der Waals surface area (Å²) >= 11 is 0. The van der Waals surface area contributed by atoms with Gasteiger partial charge < -0.3 is 44.5 Å². The van der Waals surface area contributed by atoms with Crippen molar-refractivity contribution < 1.29 is 38.1 Å². The van der Waals surface area contributed by atoms with Crippen LogP contribution in [0, 0.1) is 5.92 Å². The van der Waals surface area contributed by atoms with Gasteiger partial charge in [-0.1, -0.05) is 26.3 Å². The van der Waals surface area contributed by atoms with E-state index in [0.29, 0.717) is 59.1 Å². The van der Waals surface area contributed by atoms with Crippen LogP contribution in [0.1, 0.15) is 61.9 Å². The molecule has 0 spiro atoms. The Kier molecular flexibility index (Phi) is 12.0. The zero-order valence-corrected chi connectivity index (χ0v) is 31.9. The number of amides is 3. The molecule has 4 atom stereocenters. The summed E-state index contributed by atoms with van der Waals surface area (Å²) in [7, 11) is 9.27. The first kappa shape index (κ1) is 38.8. The van der Waals surface area contributed by atoms with Crippen molar-refractivity contribution in [2.75, 3.05) is 47.9 Å². The SMILES string of the molecule is CC[C@H](C)[C@@H](Nc1ccc2c(cc1=O)[C@H](NC(C)=O)CCc1cc(OC)c(OC)c(OC)c1-2)C(=O)N1Cc2cc(OC)c(OC)cc2C[C@@H]1C(=O)NC. The number of carbonyl (C=O) groups is 3. The van der Waals surface area contributed by atoms with Gasteiger partial charge >= 0.3 is 0 Å². The Hall–Kier alpha value is -5.46. The van der Waals surface area contributed by atoms with Crippen LogP contribution < -0.4 is 45.1 Å². The van der Waals surface area contributed by atoms with Gasteiger partial charge in [-0.25, -0.2) is 0 Å². The molecule has 3 N–H and O–H groups in total. The highest BCUT2D eigenvalue weighted by Gasteiger charge is 2.39. The minimum atomic E-state index is -0.860. The Morgan fingerprint density at radius 3 is 2.09 bits per heavy atom. The largest absolute Gasteiger partial charge is 0.493 e. The van der Waals surface area contributed by atoms with E-state index < -0.39 is 18.1 Å². The smallest absolute Gasteiger partial charge is 0.246 e. The lowest BCUT2D eigenvalue weighted by Gasteiger charge is -2.39. The van der Waals surface area contributed by atoms with E-state index in [-0.39, 0.29) is 47.7 Å². The van der Waals surface area contributed by atoms with Crippen molar-refractivity contribution in [3.05, 3.63) is 68.9 Å². The fourth-order valence-corrected chi connectivity index (χ4v) is 7.40. The van der Waals surface area contributed by atoms with E-state index in [2.05, 4.69) is 16.0 Å². The number of anilines is 1. The van der Waals surface area contributed by atoms with E-state index in [4.69, 9.17) is 23.7 Å². The molecule has 0 unspecified atom stereocenters. The van der Waals surface area contributed by atoms with Crippen LogP contribution in [0.25, 0.3) is 11.1 Å². The molecule has 3 aromatic rings. The molecule has 0 radical (unpaired) electrons. The van der Waals surface area contributed by atoms with Crippen molar-refractivity contribution in [3.63, 3.8) is 0 Å². The minimum absolute atomic E-state index is 0.155. The Morgan fingerprint density at radius 2 is 1.51 bits per heavy atom. The molecule has 53 heavy (non-hydrogen) atoms. The number of carbonyl (C=O) groups excluding carboxylic acids is 3. The molecule has 1 aliphatic carbocycles. The predicted molar refractivity (Wildman–Crippen MR) is 201 cm³/mol. The summed E-state index contributed by atoms with van der Waals surface area (Å²) in [6.45, 7) is 5.51. The molecule has 13 heteroatoms. The van der Waals surface area contributed by atoms with Crippen molar-refractivity contribution in [1.82, 2.24) is 15.5 Å². The molecule has 284 valence electrons. The normalized spacial score (nSPS) is 17.0. The topological polar surface area (TPSA) is 154 Å². The second-order valence-electron chi connectivity index (χ2n) is 13.4. The van der Waals surface area contributed by atoms with Crippen LogP contribution in [0.4, 0.5) is 5.69 Å². The van der Waals surface area contributed by atoms with Gasteiger partial charge in [0.2, 0.25) is 28.9 Å². The lowest BCUT2D eigenvalue weighted by atomic mass is 9.90. The van der Waals surface area contributed by atoms with Crippen molar-refractivity contribution in [3.8, 4) is 39.9 Å². The van der Waals surface area contributed by atoms with Gasteiger partial charge in [0.1, 0.15) is 12.1 Å². The van der Waals surface area contributed by atoms with Crippen molar-refractivity contribution in [2.45, 2.75) is 71.1 Å². The summed E-state index contributed by atoms with van der Waals surface area (Å²) in [4.78, 5) is 56.2. The molecule has 1 heterocycles. The lowest BCUT2D eigenvalue weighted by Crippen LogP contribution is -2.56. The standard InChI is InChI=1S/C40H50N4O9/c1-10-21(2)36(40(48)44-20-25-18-33(50-6)32(49-5)17-24(25)15-30(44)39(47)41-4)43-29-14-12-26-27(19-31(29)46)28(42-22(3)45)13-11-23-16-34(51-7)37(52-8)38(53-9)35(23)26/h12,14,16-19,21,28,30,36H,10-11,13,15,20H2,1-9H3,(H,41,47)(H,42,45)(H,43,46)/t21-,28+,30+,36+/m0/s1. The Bertz CT molecular complexity index is 1950. The third kappa shape index (κ3) is 7.56. The van der Waals surface area contributed by atoms with Gasteiger partial charge in [-0.2, -0.15) is 0 Å². The van der Waals surface area contributed by atoms with E-state index in [9.17, 15) is 19.2 Å². The highest BCUT2D eigenvalue weighted by Crippen LogP contribution is 2.50. The monoisotopic (exact) mass is 730 g/mol. The number of nitrogens with one attached hydrogen (secondary N) is 3. The molecular formula is C40H50N4O9. The van der Waals surface area contributed by atoms with Crippen LogP contribution in [-0.4, -0.2) is 77.3 Å². The first-order chi connectivity index (χ1) is 25.4. The maximum Gasteiger partial charge on any atom is 0.246 e. The predicted octanol–water partition coefficient (Wildman–Crippen LogP) is 4.41. The van der Waals surface area contributed by atoms with E-state index in [1.807, 2.05) is 38.1 Å². The molecule has 13 nitrogen and oxygen atoms in total. The maximum atomic E-state index is 14.7. The van der Waals surface area contributed by atoms with Crippen LogP contribution in [0.2, 0.25) is 0 Å². The Morgan fingerprint density at radius 1 is 0.868 bits per heavy atom. The van der Waals surface area contributed by atoms with Crippen LogP contribution in [-0.2, 0) is 33.8 Å². The molecule has 0 saturated heterocycles. The zero-order valence-electron chi connectivity index (χ0n) is 31.9. The maximum absolute atomic E-state index is 14.7. The molecule has 5 rings (SSSR count). The van der Waals surface area contributed by atoms with Crippen molar-refractivity contribution in [1.29, 1.82) is 0 Å². The Balaban J connectivity index is 1.63. The summed E-state index contributed by atoms with van der Waals surface area (Å²) < 4.78 is 28.3. The van der Waals surface area contributed by atoms with E-state index in [1.54, 1.807) is 46.5 Å². The van der Waals surface area contributed by atoms with Gasteiger partial charge in [-0.3, -0.25) is 19.2 Å². The first-order valence-corrected chi connectivity index (χ1v) is 17.7. The third-order valence-corrected chi connectivity index (χ3v) is 10.4. The molecule has 1 aliphatic heterocycles. The van der Waals surface area contributed by atoms with Crippen LogP contribution in [0.5, 0.6) is 28.7 Å². The summed E-state index contributed by atoms with van der Waals surface area (Å²) in [6.07, 6.45) is 1.95. The molecule has 3 aromatic carbocycles. The molecule has 0 saturated carbocycles. The molecule has 3 amide bonds. The summed E-state index contributed by atoms with van der Waals surface area (Å²) in [5.41, 5.74) is 4.43. The van der Waals surface area contributed by atoms with E-state index in [0.717, 1.165) is 22.3 Å². The fourth-order valence-electron chi connectivity index (χ4n) is 7.40. The van der Waals surface area contributed by atoms with Gasteiger partial charge in [0.05, 0.1) is 47.3 Å². The number of likely N-dealkylation sites (N-methyl/N-ethyl adjacent to an activating group) is 1. The zero-order chi connectivity index (χ0) is 38.6. The van der Waals surface area contributed by atoms with Crippen molar-refractivity contribution in [2.24, 2.45) is 5.92 Å². The number of hydrogen-bond acceptors (Lipinski definition) is 10. The van der Waals surface area contributed by atoms with Gasteiger partial charge in [-0.05, 0) is 76.9 Å². The van der Waals surface area contributed by atoms with E-state index >= 15 is 0 Å². The van der Waals surface area contributed by atoms with Gasteiger partial charge in [0, 0.05) is 32.5 Å². The highest BCUT2D eigenvalue weighted by atomic mass is 16.5. The summed E-state index contributed by atoms with van der Waals surface area (Å²) in [5.74, 6) is 1.31. The molecule has 0 fully saturated rings. The molecule has 2 aliphatic rings.